The second-order valence-electron chi connectivity index (χ2n) is 7.23. The zero-order valence-electron chi connectivity index (χ0n) is 18.0. The highest BCUT2D eigenvalue weighted by atomic mass is 32.1. The van der Waals surface area contributed by atoms with Crippen molar-refractivity contribution >= 4 is 34.8 Å². The standard InChI is InChI=1S/C25H25N3O3S/c1-28(2)24(30)19-12-6-8-14-21(19)26-25(32)27-23(29)20-13-7-9-15-22(20)31-17-16-18-10-4-3-5-11-18/h3-15H,16-17H2,1-2H3,(H2,26,27,29,32). The average molecular weight is 448 g/mol. The van der Waals surface area contributed by atoms with Gasteiger partial charge in [0, 0.05) is 20.5 Å². The lowest BCUT2D eigenvalue weighted by molar-refractivity contribution is 0.0828. The van der Waals surface area contributed by atoms with Crippen LogP contribution in [-0.4, -0.2) is 42.5 Å². The first-order valence-corrected chi connectivity index (χ1v) is 10.6. The Labute approximate surface area is 193 Å². The van der Waals surface area contributed by atoms with Crippen LogP contribution in [0.4, 0.5) is 5.69 Å². The molecule has 0 unspecified atom stereocenters. The maximum Gasteiger partial charge on any atom is 0.261 e. The average Bonchev–Trinajstić information content (AvgIpc) is 2.80. The predicted octanol–water partition coefficient (Wildman–Crippen LogP) is 4.14. The molecule has 0 spiro atoms. The van der Waals surface area contributed by atoms with Gasteiger partial charge in [0.15, 0.2) is 5.11 Å². The summed E-state index contributed by atoms with van der Waals surface area (Å²) in [6.45, 7) is 0.441. The zero-order valence-corrected chi connectivity index (χ0v) is 18.8. The van der Waals surface area contributed by atoms with Crippen molar-refractivity contribution in [2.45, 2.75) is 6.42 Å². The molecule has 0 aliphatic rings. The Kier molecular flexibility index (Phi) is 7.94. The van der Waals surface area contributed by atoms with Gasteiger partial charge in [-0.15, -0.1) is 0 Å². The summed E-state index contributed by atoms with van der Waals surface area (Å²) >= 11 is 5.31. The molecule has 2 amide bonds. The Morgan fingerprint density at radius 1 is 0.875 bits per heavy atom. The van der Waals surface area contributed by atoms with Crippen LogP contribution in [0.3, 0.4) is 0 Å². The summed E-state index contributed by atoms with van der Waals surface area (Å²) in [7, 11) is 3.35. The van der Waals surface area contributed by atoms with Gasteiger partial charge < -0.3 is 15.0 Å². The number of thiocarbonyl (C=S) groups is 1. The van der Waals surface area contributed by atoms with Crippen molar-refractivity contribution in [2.75, 3.05) is 26.0 Å². The maximum absolute atomic E-state index is 12.8. The number of rotatable bonds is 7. The van der Waals surface area contributed by atoms with Crippen molar-refractivity contribution in [1.82, 2.24) is 10.2 Å². The fourth-order valence-corrected chi connectivity index (χ4v) is 3.25. The number of para-hydroxylation sites is 2. The molecule has 0 bridgehead atoms. The van der Waals surface area contributed by atoms with E-state index in [9.17, 15) is 9.59 Å². The molecule has 0 saturated heterocycles. The Balaban J connectivity index is 1.64. The molecule has 2 N–H and O–H groups in total. The van der Waals surface area contributed by atoms with Gasteiger partial charge in [-0.05, 0) is 42.0 Å². The molecule has 0 atom stereocenters. The molecule has 6 nitrogen and oxygen atoms in total. The van der Waals surface area contributed by atoms with Crippen molar-refractivity contribution in [3.63, 3.8) is 0 Å². The van der Waals surface area contributed by atoms with E-state index < -0.39 is 5.91 Å². The molecule has 3 aromatic rings. The van der Waals surface area contributed by atoms with Crippen LogP contribution in [0.5, 0.6) is 5.75 Å². The number of hydrogen-bond donors (Lipinski definition) is 2. The smallest absolute Gasteiger partial charge is 0.261 e. The van der Waals surface area contributed by atoms with Crippen molar-refractivity contribution in [3.05, 3.63) is 95.6 Å². The van der Waals surface area contributed by atoms with E-state index in [1.54, 1.807) is 56.6 Å². The van der Waals surface area contributed by atoms with Crippen LogP contribution in [0.1, 0.15) is 26.3 Å². The molecular formula is C25H25N3O3S. The summed E-state index contributed by atoms with van der Waals surface area (Å²) in [6, 6.07) is 24.0. The van der Waals surface area contributed by atoms with Crippen LogP contribution in [0, 0.1) is 0 Å². The third-order valence-corrected chi connectivity index (χ3v) is 4.87. The van der Waals surface area contributed by atoms with Crippen molar-refractivity contribution in [1.29, 1.82) is 0 Å². The largest absolute Gasteiger partial charge is 0.492 e. The van der Waals surface area contributed by atoms with Crippen molar-refractivity contribution < 1.29 is 14.3 Å². The highest BCUT2D eigenvalue weighted by molar-refractivity contribution is 7.80. The second kappa shape index (κ2) is 11.1. The first kappa shape index (κ1) is 23.0. The predicted molar refractivity (Wildman–Crippen MR) is 130 cm³/mol. The molecule has 32 heavy (non-hydrogen) atoms. The van der Waals surface area contributed by atoms with Crippen molar-refractivity contribution in [3.8, 4) is 5.75 Å². The number of amides is 2. The van der Waals surface area contributed by atoms with E-state index in [4.69, 9.17) is 17.0 Å². The third-order valence-electron chi connectivity index (χ3n) is 4.66. The Hall–Kier alpha value is -3.71. The quantitative estimate of drug-likeness (QED) is 0.533. The number of anilines is 1. The van der Waals surface area contributed by atoms with E-state index >= 15 is 0 Å². The molecule has 0 fully saturated rings. The van der Waals surface area contributed by atoms with Gasteiger partial charge in [-0.1, -0.05) is 54.6 Å². The number of benzene rings is 3. The molecular weight excluding hydrogens is 422 g/mol. The Morgan fingerprint density at radius 3 is 2.22 bits per heavy atom. The van der Waals surface area contributed by atoms with E-state index in [1.165, 1.54) is 4.90 Å². The maximum atomic E-state index is 12.8. The number of nitrogens with zero attached hydrogens (tertiary/aromatic N) is 1. The van der Waals surface area contributed by atoms with Gasteiger partial charge in [0.05, 0.1) is 23.4 Å². The number of carbonyl (C=O) groups is 2. The van der Waals surface area contributed by atoms with Gasteiger partial charge in [0.25, 0.3) is 11.8 Å². The van der Waals surface area contributed by atoms with Crippen LogP contribution >= 0.6 is 12.2 Å². The molecule has 164 valence electrons. The van der Waals surface area contributed by atoms with Gasteiger partial charge >= 0.3 is 0 Å². The number of nitrogens with one attached hydrogen (secondary N) is 2. The number of carbonyl (C=O) groups excluding carboxylic acids is 2. The summed E-state index contributed by atoms with van der Waals surface area (Å²) in [6.07, 6.45) is 0.730. The highest BCUT2D eigenvalue weighted by Crippen LogP contribution is 2.19. The zero-order chi connectivity index (χ0) is 22.9. The first-order valence-electron chi connectivity index (χ1n) is 10.1. The van der Waals surface area contributed by atoms with E-state index in [0.717, 1.165) is 12.0 Å². The molecule has 0 heterocycles. The fraction of sp³-hybridized carbons (Fsp3) is 0.160. The summed E-state index contributed by atoms with van der Waals surface area (Å²) in [5.41, 5.74) is 2.51. The topological polar surface area (TPSA) is 70.7 Å². The van der Waals surface area contributed by atoms with E-state index in [2.05, 4.69) is 10.6 Å². The monoisotopic (exact) mass is 447 g/mol. The van der Waals surface area contributed by atoms with Crippen molar-refractivity contribution in [2.24, 2.45) is 0 Å². The SMILES string of the molecule is CN(C)C(=O)c1ccccc1NC(=S)NC(=O)c1ccccc1OCCc1ccccc1. The summed E-state index contributed by atoms with van der Waals surface area (Å²) in [5.74, 6) is -0.0828. The van der Waals surface area contributed by atoms with Crippen LogP contribution in [0.2, 0.25) is 0 Å². The molecule has 0 aromatic heterocycles. The molecule has 3 aromatic carbocycles. The third kappa shape index (κ3) is 6.15. The molecule has 0 saturated carbocycles. The molecule has 0 aliphatic carbocycles. The summed E-state index contributed by atoms with van der Waals surface area (Å²) in [5, 5.41) is 5.70. The van der Waals surface area contributed by atoms with Crippen LogP contribution in [0.15, 0.2) is 78.9 Å². The minimum Gasteiger partial charge on any atom is -0.492 e. The summed E-state index contributed by atoms with van der Waals surface area (Å²) in [4.78, 5) is 26.7. The molecule has 7 heteroatoms. The van der Waals surface area contributed by atoms with E-state index in [1.807, 2.05) is 36.4 Å². The van der Waals surface area contributed by atoms with Crippen LogP contribution in [0.25, 0.3) is 0 Å². The van der Waals surface area contributed by atoms with Gasteiger partial charge in [0.1, 0.15) is 5.75 Å². The fourth-order valence-electron chi connectivity index (χ4n) is 3.05. The summed E-state index contributed by atoms with van der Waals surface area (Å²) < 4.78 is 5.86. The van der Waals surface area contributed by atoms with Crippen LogP contribution in [-0.2, 0) is 6.42 Å². The minimum absolute atomic E-state index is 0.0908. The van der Waals surface area contributed by atoms with Crippen LogP contribution < -0.4 is 15.4 Å². The Morgan fingerprint density at radius 2 is 1.50 bits per heavy atom. The number of hydrogen-bond acceptors (Lipinski definition) is 4. The molecule has 0 radical (unpaired) electrons. The second-order valence-corrected chi connectivity index (χ2v) is 7.64. The number of ether oxygens (including phenoxy) is 1. The lowest BCUT2D eigenvalue weighted by Crippen LogP contribution is -2.35. The Bertz CT molecular complexity index is 1100. The van der Waals surface area contributed by atoms with Gasteiger partial charge in [-0.25, -0.2) is 0 Å². The first-order chi connectivity index (χ1) is 15.5. The highest BCUT2D eigenvalue weighted by Gasteiger charge is 2.16. The van der Waals surface area contributed by atoms with E-state index in [0.29, 0.717) is 29.2 Å². The normalized spacial score (nSPS) is 10.2. The van der Waals surface area contributed by atoms with Gasteiger partial charge in [-0.2, -0.15) is 0 Å². The molecule has 0 aliphatic heterocycles. The lowest BCUT2D eigenvalue weighted by Gasteiger charge is -2.16. The van der Waals surface area contributed by atoms with E-state index in [-0.39, 0.29) is 11.0 Å². The van der Waals surface area contributed by atoms with Gasteiger partial charge in [-0.3, -0.25) is 14.9 Å². The minimum atomic E-state index is -0.394. The lowest BCUT2D eigenvalue weighted by atomic mass is 10.1. The molecule has 3 rings (SSSR count). The van der Waals surface area contributed by atoms with Gasteiger partial charge in [0.2, 0.25) is 0 Å².